The minimum atomic E-state index is -0.0359. The molecule has 0 bridgehead atoms. The highest BCUT2D eigenvalue weighted by atomic mass is 16.2. The number of ketones is 1. The first kappa shape index (κ1) is 12.8. The van der Waals surface area contributed by atoms with Crippen molar-refractivity contribution in [3.8, 4) is 0 Å². The molecule has 1 amide bonds. The smallest absolute Gasteiger partial charge is 0.220 e. The van der Waals surface area contributed by atoms with Gasteiger partial charge in [-0.05, 0) is 0 Å². The van der Waals surface area contributed by atoms with Crippen LogP contribution in [0.4, 0.5) is 0 Å². The van der Waals surface area contributed by atoms with Gasteiger partial charge in [-0.15, -0.1) is 0 Å². The summed E-state index contributed by atoms with van der Waals surface area (Å²) in [5.74, 6) is 0.543. The van der Waals surface area contributed by atoms with E-state index < -0.39 is 0 Å². The molecule has 4 heteroatoms. The second-order valence-corrected chi connectivity index (χ2v) is 4.62. The summed E-state index contributed by atoms with van der Waals surface area (Å²) in [5, 5.41) is 6.01. The first-order valence-electron chi connectivity index (χ1n) is 6.31. The summed E-state index contributed by atoms with van der Waals surface area (Å²) in [7, 11) is 0. The highest BCUT2D eigenvalue weighted by Crippen LogP contribution is 2.05. The maximum atomic E-state index is 11.8. The van der Waals surface area contributed by atoms with Crippen molar-refractivity contribution in [3.05, 3.63) is 35.9 Å². The van der Waals surface area contributed by atoms with Gasteiger partial charge >= 0.3 is 0 Å². The van der Waals surface area contributed by atoms with Crippen LogP contribution in [-0.2, 0) is 4.79 Å². The molecule has 0 aromatic heterocycles. The van der Waals surface area contributed by atoms with Gasteiger partial charge in [0.05, 0.1) is 0 Å². The Morgan fingerprint density at radius 1 is 1.17 bits per heavy atom. The average molecular weight is 246 g/mol. The summed E-state index contributed by atoms with van der Waals surface area (Å²) < 4.78 is 0. The third-order valence-corrected chi connectivity index (χ3v) is 3.13. The molecule has 1 aliphatic rings. The molecule has 0 aliphatic carbocycles. The minimum absolute atomic E-state index is 0.0241. The molecule has 0 saturated carbocycles. The number of Topliss-reactive ketones (excluding diaryl/α,β-unsaturated/α-hetero) is 1. The summed E-state index contributed by atoms with van der Waals surface area (Å²) in [6, 6.07) is 9.09. The van der Waals surface area contributed by atoms with Crippen LogP contribution in [0.3, 0.4) is 0 Å². The Hall–Kier alpha value is -1.68. The maximum absolute atomic E-state index is 11.8. The molecule has 4 nitrogen and oxygen atoms in total. The van der Waals surface area contributed by atoms with Gasteiger partial charge in [-0.2, -0.15) is 0 Å². The standard InChI is InChI=1S/C14H18N2O2/c17-13(12-4-2-1-3-5-12)6-7-14(18)16-10-11-8-15-9-11/h1-5,11,15H,6-10H2,(H,16,18). The van der Waals surface area contributed by atoms with E-state index in [4.69, 9.17) is 0 Å². The Bertz CT molecular complexity index is 413. The molecular weight excluding hydrogens is 228 g/mol. The molecule has 1 heterocycles. The molecule has 2 N–H and O–H groups in total. The number of amides is 1. The van der Waals surface area contributed by atoms with Gasteiger partial charge in [0.15, 0.2) is 5.78 Å². The second kappa shape index (κ2) is 6.31. The monoisotopic (exact) mass is 246 g/mol. The number of benzene rings is 1. The fourth-order valence-corrected chi connectivity index (χ4v) is 1.83. The topological polar surface area (TPSA) is 58.2 Å². The molecule has 0 radical (unpaired) electrons. The predicted molar refractivity (Wildman–Crippen MR) is 69.4 cm³/mol. The van der Waals surface area contributed by atoms with Crippen molar-refractivity contribution in [2.24, 2.45) is 5.92 Å². The van der Waals surface area contributed by atoms with Crippen LogP contribution < -0.4 is 10.6 Å². The fourth-order valence-electron chi connectivity index (χ4n) is 1.83. The number of rotatable bonds is 6. The summed E-state index contributed by atoms with van der Waals surface area (Å²) in [4.78, 5) is 23.3. The van der Waals surface area contributed by atoms with Crippen LogP contribution in [0, 0.1) is 5.92 Å². The zero-order valence-corrected chi connectivity index (χ0v) is 10.3. The molecular formula is C14H18N2O2. The molecule has 1 aliphatic heterocycles. The molecule has 1 saturated heterocycles. The highest BCUT2D eigenvalue weighted by Gasteiger charge is 2.17. The molecule has 0 spiro atoms. The van der Waals surface area contributed by atoms with Crippen LogP contribution >= 0.6 is 0 Å². The molecule has 1 aromatic rings. The fraction of sp³-hybridized carbons (Fsp3) is 0.429. The van der Waals surface area contributed by atoms with E-state index in [1.807, 2.05) is 18.2 Å². The third kappa shape index (κ3) is 3.67. The number of hydrogen-bond donors (Lipinski definition) is 2. The average Bonchev–Trinajstić information content (AvgIpc) is 2.35. The van der Waals surface area contributed by atoms with Crippen LogP contribution in [0.5, 0.6) is 0 Å². The number of carbonyl (C=O) groups is 2. The van der Waals surface area contributed by atoms with E-state index in [2.05, 4.69) is 10.6 Å². The van der Waals surface area contributed by atoms with Gasteiger partial charge in [0.2, 0.25) is 5.91 Å². The summed E-state index contributed by atoms with van der Waals surface area (Å²) in [6.07, 6.45) is 0.548. The Labute approximate surface area is 107 Å². The lowest BCUT2D eigenvalue weighted by molar-refractivity contribution is -0.121. The summed E-state index contributed by atoms with van der Waals surface area (Å²) in [5.41, 5.74) is 0.675. The maximum Gasteiger partial charge on any atom is 0.220 e. The quantitative estimate of drug-likeness (QED) is 0.736. The predicted octanol–water partition coefficient (Wildman–Crippen LogP) is 0.985. The molecule has 18 heavy (non-hydrogen) atoms. The van der Waals surface area contributed by atoms with Crippen LogP contribution in [0.25, 0.3) is 0 Å². The lowest BCUT2D eigenvalue weighted by atomic mass is 10.0. The summed E-state index contributed by atoms with van der Waals surface area (Å²) >= 11 is 0. The van der Waals surface area contributed by atoms with Crippen molar-refractivity contribution in [1.82, 2.24) is 10.6 Å². The molecule has 1 aromatic carbocycles. The largest absolute Gasteiger partial charge is 0.356 e. The van der Waals surface area contributed by atoms with Crippen LogP contribution in [-0.4, -0.2) is 31.3 Å². The molecule has 0 atom stereocenters. The minimum Gasteiger partial charge on any atom is -0.356 e. The van der Waals surface area contributed by atoms with E-state index in [-0.39, 0.29) is 24.5 Å². The van der Waals surface area contributed by atoms with Gasteiger partial charge in [-0.3, -0.25) is 9.59 Å². The van der Waals surface area contributed by atoms with E-state index in [1.54, 1.807) is 12.1 Å². The SMILES string of the molecule is O=C(CCC(=O)c1ccccc1)NCC1CNC1. The Kier molecular flexibility index (Phi) is 4.47. The van der Waals surface area contributed by atoms with Gasteiger partial charge < -0.3 is 10.6 Å². The number of hydrogen-bond acceptors (Lipinski definition) is 3. The Morgan fingerprint density at radius 2 is 1.89 bits per heavy atom. The molecule has 0 unspecified atom stereocenters. The lowest BCUT2D eigenvalue weighted by Crippen LogP contribution is -2.48. The van der Waals surface area contributed by atoms with Crippen LogP contribution in [0.1, 0.15) is 23.2 Å². The molecule has 2 rings (SSSR count). The van der Waals surface area contributed by atoms with Gasteiger partial charge in [0.1, 0.15) is 0 Å². The van der Waals surface area contributed by atoms with Gasteiger partial charge in [0, 0.05) is 44.0 Å². The van der Waals surface area contributed by atoms with E-state index >= 15 is 0 Å². The van der Waals surface area contributed by atoms with Crippen molar-refractivity contribution in [1.29, 1.82) is 0 Å². The van der Waals surface area contributed by atoms with Crippen LogP contribution in [0.15, 0.2) is 30.3 Å². The van der Waals surface area contributed by atoms with Gasteiger partial charge in [0.25, 0.3) is 0 Å². The Morgan fingerprint density at radius 3 is 2.50 bits per heavy atom. The zero-order chi connectivity index (χ0) is 12.8. The summed E-state index contributed by atoms with van der Waals surface area (Å²) in [6.45, 7) is 2.66. The number of carbonyl (C=O) groups excluding carboxylic acids is 2. The van der Waals surface area contributed by atoms with Crippen molar-refractivity contribution in [2.45, 2.75) is 12.8 Å². The van der Waals surface area contributed by atoms with E-state index in [1.165, 1.54) is 0 Å². The van der Waals surface area contributed by atoms with Gasteiger partial charge in [-0.1, -0.05) is 30.3 Å². The number of nitrogens with one attached hydrogen (secondary N) is 2. The second-order valence-electron chi connectivity index (χ2n) is 4.62. The first-order valence-corrected chi connectivity index (χ1v) is 6.31. The zero-order valence-electron chi connectivity index (χ0n) is 10.3. The third-order valence-electron chi connectivity index (χ3n) is 3.13. The van der Waals surface area contributed by atoms with E-state index in [0.29, 0.717) is 18.0 Å². The lowest BCUT2D eigenvalue weighted by Gasteiger charge is -2.27. The van der Waals surface area contributed by atoms with Gasteiger partial charge in [-0.25, -0.2) is 0 Å². The van der Waals surface area contributed by atoms with E-state index in [9.17, 15) is 9.59 Å². The molecule has 1 fully saturated rings. The van der Waals surface area contributed by atoms with Crippen molar-refractivity contribution in [2.75, 3.05) is 19.6 Å². The highest BCUT2D eigenvalue weighted by molar-refractivity contribution is 5.97. The Balaban J connectivity index is 1.67. The molecule has 96 valence electrons. The van der Waals surface area contributed by atoms with E-state index in [0.717, 1.165) is 13.1 Å². The van der Waals surface area contributed by atoms with Crippen molar-refractivity contribution >= 4 is 11.7 Å². The van der Waals surface area contributed by atoms with Crippen molar-refractivity contribution < 1.29 is 9.59 Å². The first-order chi connectivity index (χ1) is 8.75. The normalized spacial score (nSPS) is 14.9. The van der Waals surface area contributed by atoms with Crippen LogP contribution in [0.2, 0.25) is 0 Å². The van der Waals surface area contributed by atoms with Crippen molar-refractivity contribution in [3.63, 3.8) is 0 Å².